The van der Waals surface area contributed by atoms with Gasteiger partial charge >= 0.3 is 0 Å². The first-order valence-corrected chi connectivity index (χ1v) is 14.8. The number of morpholine rings is 1. The molecule has 12 heteroatoms. The Morgan fingerprint density at radius 2 is 1.84 bits per heavy atom. The van der Waals surface area contributed by atoms with Crippen LogP contribution in [0.2, 0.25) is 0 Å². The Hall–Kier alpha value is -3.03. The number of anilines is 1. The van der Waals surface area contributed by atoms with E-state index in [-0.39, 0.29) is 22.1 Å². The Bertz CT molecular complexity index is 1590. The van der Waals surface area contributed by atoms with Gasteiger partial charge in [-0.1, -0.05) is 42.1 Å². The molecule has 9 nitrogen and oxygen atoms in total. The molecule has 1 amide bonds. The number of aryl methyl sites for hydroxylation is 1. The summed E-state index contributed by atoms with van der Waals surface area (Å²) in [7, 11) is -3.60. The number of aromatic nitrogens is 2. The second kappa shape index (κ2) is 10.8. The van der Waals surface area contributed by atoms with Crippen LogP contribution in [0.15, 0.2) is 69.4 Å². The maximum atomic E-state index is 12.9. The highest BCUT2D eigenvalue weighted by Gasteiger charge is 2.26. The van der Waals surface area contributed by atoms with Crippen molar-refractivity contribution >= 4 is 54.9 Å². The Morgan fingerprint density at radius 1 is 1.14 bits per heavy atom. The molecule has 37 heavy (non-hydrogen) atoms. The monoisotopic (exact) mass is 556 g/mol. The van der Waals surface area contributed by atoms with Gasteiger partial charge in [-0.05, 0) is 36.8 Å². The fourth-order valence-corrected chi connectivity index (χ4v) is 7.27. The van der Waals surface area contributed by atoms with E-state index in [0.717, 1.165) is 27.8 Å². The number of carbonyl (C=O) groups excluding carboxylic acids is 1. The SMILES string of the molecule is Cc1sc2nc(SCC(=O)Nc3ccc(S(=O)(=O)N4CCOCC4)cc3)[nH]c(=O)c2c1-c1ccccc1. The van der Waals surface area contributed by atoms with Gasteiger partial charge in [0, 0.05) is 29.2 Å². The Kier molecular flexibility index (Phi) is 7.45. The minimum Gasteiger partial charge on any atom is -0.379 e. The van der Waals surface area contributed by atoms with Crippen LogP contribution in [0.4, 0.5) is 5.69 Å². The van der Waals surface area contributed by atoms with E-state index in [2.05, 4.69) is 15.3 Å². The lowest BCUT2D eigenvalue weighted by Gasteiger charge is -2.26. The summed E-state index contributed by atoms with van der Waals surface area (Å²) in [4.78, 5) is 34.6. The van der Waals surface area contributed by atoms with Crippen LogP contribution in [-0.2, 0) is 19.6 Å². The first kappa shape index (κ1) is 25.6. The highest BCUT2D eigenvalue weighted by Crippen LogP contribution is 2.35. The third-order valence-corrected chi connectivity index (χ3v) is 9.65. The van der Waals surface area contributed by atoms with E-state index in [1.807, 2.05) is 37.3 Å². The van der Waals surface area contributed by atoms with Crippen molar-refractivity contribution in [2.75, 3.05) is 37.4 Å². The number of benzene rings is 2. The van der Waals surface area contributed by atoms with E-state index < -0.39 is 10.0 Å². The van der Waals surface area contributed by atoms with Crippen molar-refractivity contribution in [3.05, 3.63) is 69.8 Å². The van der Waals surface area contributed by atoms with Crippen molar-refractivity contribution in [2.45, 2.75) is 17.0 Å². The molecule has 5 rings (SSSR count). The van der Waals surface area contributed by atoms with Gasteiger partial charge in [0.2, 0.25) is 15.9 Å². The summed E-state index contributed by atoms with van der Waals surface area (Å²) in [6.07, 6.45) is 0. The van der Waals surface area contributed by atoms with Crippen LogP contribution in [-0.4, -0.2) is 60.7 Å². The van der Waals surface area contributed by atoms with Gasteiger partial charge in [0.05, 0.1) is 29.2 Å². The number of thioether (sulfide) groups is 1. The van der Waals surface area contributed by atoms with Crippen LogP contribution in [0.5, 0.6) is 0 Å². The lowest BCUT2D eigenvalue weighted by atomic mass is 10.0. The molecule has 0 unspecified atom stereocenters. The maximum Gasteiger partial charge on any atom is 0.260 e. The number of nitrogens with one attached hydrogen (secondary N) is 2. The maximum absolute atomic E-state index is 12.9. The lowest BCUT2D eigenvalue weighted by Crippen LogP contribution is -2.40. The van der Waals surface area contributed by atoms with Gasteiger partial charge in [-0.2, -0.15) is 4.31 Å². The van der Waals surface area contributed by atoms with E-state index in [1.54, 1.807) is 12.1 Å². The van der Waals surface area contributed by atoms with E-state index in [4.69, 9.17) is 4.74 Å². The second-order valence-corrected chi connectivity index (χ2v) is 12.4. The molecule has 2 aromatic heterocycles. The van der Waals surface area contributed by atoms with Crippen LogP contribution in [0, 0.1) is 6.92 Å². The molecular formula is C25H24N4O5S3. The molecule has 0 bridgehead atoms. The highest BCUT2D eigenvalue weighted by atomic mass is 32.2. The molecule has 0 saturated carbocycles. The molecule has 2 aromatic carbocycles. The number of hydrogen-bond acceptors (Lipinski definition) is 8. The van der Waals surface area contributed by atoms with Crippen LogP contribution in [0.1, 0.15) is 4.88 Å². The van der Waals surface area contributed by atoms with E-state index in [0.29, 0.717) is 47.4 Å². The number of hydrogen-bond donors (Lipinski definition) is 2. The zero-order valence-electron chi connectivity index (χ0n) is 19.9. The summed E-state index contributed by atoms with van der Waals surface area (Å²) in [6.45, 7) is 3.35. The molecule has 1 fully saturated rings. The second-order valence-electron chi connectivity index (χ2n) is 8.33. The number of thiophene rings is 1. The minimum absolute atomic E-state index is 0.0260. The number of aromatic amines is 1. The zero-order chi connectivity index (χ0) is 26.0. The molecule has 4 aromatic rings. The molecule has 0 spiro atoms. The van der Waals surface area contributed by atoms with Crippen molar-refractivity contribution in [2.24, 2.45) is 0 Å². The van der Waals surface area contributed by atoms with Crippen molar-refractivity contribution in [1.29, 1.82) is 0 Å². The van der Waals surface area contributed by atoms with Gasteiger partial charge < -0.3 is 15.0 Å². The van der Waals surface area contributed by atoms with Crippen molar-refractivity contribution in [3.63, 3.8) is 0 Å². The Balaban J connectivity index is 1.25. The largest absolute Gasteiger partial charge is 0.379 e. The molecule has 192 valence electrons. The number of H-pyrrole nitrogens is 1. The molecule has 0 atom stereocenters. The van der Waals surface area contributed by atoms with E-state index in [9.17, 15) is 18.0 Å². The van der Waals surface area contributed by atoms with Gasteiger partial charge in [0.25, 0.3) is 5.56 Å². The topological polar surface area (TPSA) is 121 Å². The fraction of sp³-hybridized carbons (Fsp3) is 0.240. The lowest BCUT2D eigenvalue weighted by molar-refractivity contribution is -0.113. The van der Waals surface area contributed by atoms with Gasteiger partial charge in [-0.3, -0.25) is 9.59 Å². The van der Waals surface area contributed by atoms with Crippen molar-refractivity contribution < 1.29 is 17.9 Å². The van der Waals surface area contributed by atoms with Crippen molar-refractivity contribution in [3.8, 4) is 11.1 Å². The van der Waals surface area contributed by atoms with E-state index >= 15 is 0 Å². The number of rotatable bonds is 7. The molecule has 0 aliphatic carbocycles. The summed E-state index contributed by atoms with van der Waals surface area (Å²) < 4.78 is 32.1. The van der Waals surface area contributed by atoms with Crippen LogP contribution < -0.4 is 10.9 Å². The molecular weight excluding hydrogens is 532 g/mol. The van der Waals surface area contributed by atoms with Crippen LogP contribution in [0.25, 0.3) is 21.3 Å². The Morgan fingerprint density at radius 3 is 2.54 bits per heavy atom. The number of sulfonamides is 1. The smallest absolute Gasteiger partial charge is 0.260 e. The summed E-state index contributed by atoms with van der Waals surface area (Å²) >= 11 is 2.58. The van der Waals surface area contributed by atoms with Crippen LogP contribution >= 0.6 is 23.1 Å². The normalized spacial score (nSPS) is 14.6. The molecule has 0 radical (unpaired) electrons. The van der Waals surface area contributed by atoms with Crippen LogP contribution in [0.3, 0.4) is 0 Å². The number of fused-ring (bicyclic) bond motifs is 1. The van der Waals surface area contributed by atoms with Gasteiger partial charge in [0.1, 0.15) is 4.83 Å². The number of amides is 1. The van der Waals surface area contributed by atoms with Gasteiger partial charge in [-0.25, -0.2) is 13.4 Å². The number of carbonyl (C=O) groups is 1. The third-order valence-electron chi connectivity index (χ3n) is 5.86. The third kappa shape index (κ3) is 5.48. The molecule has 3 heterocycles. The predicted molar refractivity (Wildman–Crippen MR) is 146 cm³/mol. The van der Waals surface area contributed by atoms with Gasteiger partial charge in [-0.15, -0.1) is 11.3 Å². The standard InChI is InChI=1S/C25H24N4O5S3/c1-16-21(17-5-3-2-4-6-17)22-23(31)27-25(28-24(22)36-16)35-15-20(30)26-18-7-9-19(10-8-18)37(32,33)29-11-13-34-14-12-29/h2-10H,11-15H2,1H3,(H,26,30)(H,27,28,31). The van der Waals surface area contributed by atoms with E-state index in [1.165, 1.54) is 27.8 Å². The average molecular weight is 557 g/mol. The predicted octanol–water partition coefficient (Wildman–Crippen LogP) is 3.71. The number of nitrogens with zero attached hydrogens (tertiary/aromatic N) is 2. The molecule has 2 N–H and O–H groups in total. The summed E-state index contributed by atoms with van der Waals surface area (Å²) in [5.41, 5.74) is 2.07. The zero-order valence-corrected chi connectivity index (χ0v) is 22.3. The summed E-state index contributed by atoms with van der Waals surface area (Å²) in [5.74, 6) is -0.276. The quantitative estimate of drug-likeness (QED) is 0.263. The summed E-state index contributed by atoms with van der Waals surface area (Å²) in [5, 5.41) is 3.66. The Labute approximate surface area is 221 Å². The first-order chi connectivity index (χ1) is 17.8. The average Bonchev–Trinajstić information content (AvgIpc) is 3.25. The number of ether oxygens (including phenoxy) is 1. The molecule has 1 aliphatic rings. The fourth-order valence-electron chi connectivity index (χ4n) is 4.10. The highest BCUT2D eigenvalue weighted by molar-refractivity contribution is 7.99. The minimum atomic E-state index is -3.60. The molecule has 1 saturated heterocycles. The van der Waals surface area contributed by atoms with Gasteiger partial charge in [0.15, 0.2) is 5.16 Å². The van der Waals surface area contributed by atoms with Crippen molar-refractivity contribution in [1.82, 2.24) is 14.3 Å². The first-order valence-electron chi connectivity index (χ1n) is 11.5. The molecule has 1 aliphatic heterocycles. The summed E-state index contributed by atoms with van der Waals surface area (Å²) in [6, 6.07) is 15.8.